The fraction of sp³-hybridized carbons (Fsp3) is 0.917. The van der Waals surface area contributed by atoms with Crippen LogP contribution < -0.4 is 0 Å². The maximum absolute atomic E-state index is 9.19. The monoisotopic (exact) mass is 211 g/mol. The second-order valence-corrected chi connectivity index (χ2v) is 4.72. The SMILES string of the molecule is CC(C)COCCC1(C#N)CCOCC1. The standard InChI is InChI=1S/C12H21NO2/c1-11(2)9-15-8-5-12(10-13)3-6-14-7-4-12/h11H,3-9H2,1-2H3. The Morgan fingerprint density at radius 3 is 2.60 bits per heavy atom. The van der Waals surface area contributed by atoms with E-state index in [0.717, 1.165) is 39.1 Å². The predicted octanol–water partition coefficient (Wildman–Crippen LogP) is 2.37. The van der Waals surface area contributed by atoms with Crippen molar-refractivity contribution in [3.63, 3.8) is 0 Å². The van der Waals surface area contributed by atoms with Crippen molar-refractivity contribution in [3.05, 3.63) is 0 Å². The van der Waals surface area contributed by atoms with Gasteiger partial charge in [0.15, 0.2) is 0 Å². The number of ether oxygens (including phenoxy) is 2. The van der Waals surface area contributed by atoms with E-state index >= 15 is 0 Å². The molecule has 1 fully saturated rings. The average molecular weight is 211 g/mol. The van der Waals surface area contributed by atoms with Crippen molar-refractivity contribution in [1.29, 1.82) is 5.26 Å². The van der Waals surface area contributed by atoms with E-state index in [1.54, 1.807) is 0 Å². The zero-order valence-corrected chi connectivity index (χ0v) is 9.79. The summed E-state index contributed by atoms with van der Waals surface area (Å²) in [6.45, 7) is 7.20. The Kier molecular flexibility index (Phi) is 5.07. The van der Waals surface area contributed by atoms with Crippen molar-refractivity contribution >= 4 is 0 Å². The largest absolute Gasteiger partial charge is 0.381 e. The minimum Gasteiger partial charge on any atom is -0.381 e. The molecule has 1 saturated heterocycles. The smallest absolute Gasteiger partial charge is 0.0692 e. The molecule has 1 aliphatic heterocycles. The fourth-order valence-corrected chi connectivity index (χ4v) is 1.77. The van der Waals surface area contributed by atoms with Gasteiger partial charge in [0.05, 0.1) is 11.5 Å². The van der Waals surface area contributed by atoms with E-state index in [1.807, 2.05) is 0 Å². The number of nitriles is 1. The van der Waals surface area contributed by atoms with Crippen LogP contribution in [0.3, 0.4) is 0 Å². The van der Waals surface area contributed by atoms with Crippen LogP contribution in [0.1, 0.15) is 33.1 Å². The van der Waals surface area contributed by atoms with Crippen molar-refractivity contribution in [2.24, 2.45) is 11.3 Å². The highest BCUT2D eigenvalue weighted by molar-refractivity contribution is 4.99. The van der Waals surface area contributed by atoms with Gasteiger partial charge in [-0.1, -0.05) is 13.8 Å². The summed E-state index contributed by atoms with van der Waals surface area (Å²) < 4.78 is 10.8. The summed E-state index contributed by atoms with van der Waals surface area (Å²) in [6, 6.07) is 2.45. The van der Waals surface area contributed by atoms with Crippen molar-refractivity contribution in [2.45, 2.75) is 33.1 Å². The van der Waals surface area contributed by atoms with E-state index in [0.29, 0.717) is 12.5 Å². The third-order valence-corrected chi connectivity index (χ3v) is 2.86. The van der Waals surface area contributed by atoms with E-state index in [1.165, 1.54) is 0 Å². The van der Waals surface area contributed by atoms with Gasteiger partial charge in [0.2, 0.25) is 0 Å². The van der Waals surface area contributed by atoms with Crippen LogP contribution in [0.5, 0.6) is 0 Å². The molecule has 1 aliphatic rings. The molecule has 0 aliphatic carbocycles. The van der Waals surface area contributed by atoms with Crippen LogP contribution in [0.2, 0.25) is 0 Å². The van der Waals surface area contributed by atoms with E-state index in [9.17, 15) is 5.26 Å². The first-order chi connectivity index (χ1) is 7.18. The van der Waals surface area contributed by atoms with Crippen LogP contribution in [-0.4, -0.2) is 26.4 Å². The van der Waals surface area contributed by atoms with Gasteiger partial charge in [-0.2, -0.15) is 5.26 Å². The Balaban J connectivity index is 2.24. The normalized spacial score (nSPS) is 20.1. The van der Waals surface area contributed by atoms with Crippen LogP contribution in [-0.2, 0) is 9.47 Å². The highest BCUT2D eigenvalue weighted by Gasteiger charge is 2.32. The quantitative estimate of drug-likeness (QED) is 0.656. The molecule has 1 rings (SSSR count). The van der Waals surface area contributed by atoms with Crippen LogP contribution in [0.25, 0.3) is 0 Å². The molecule has 0 radical (unpaired) electrons. The number of nitrogens with zero attached hydrogens (tertiary/aromatic N) is 1. The molecular weight excluding hydrogens is 190 g/mol. The van der Waals surface area contributed by atoms with Gasteiger partial charge in [0.25, 0.3) is 0 Å². The number of rotatable bonds is 5. The lowest BCUT2D eigenvalue weighted by molar-refractivity contribution is 0.0167. The Morgan fingerprint density at radius 2 is 2.07 bits per heavy atom. The Bertz CT molecular complexity index is 214. The summed E-state index contributed by atoms with van der Waals surface area (Å²) >= 11 is 0. The number of hydrogen-bond donors (Lipinski definition) is 0. The summed E-state index contributed by atoms with van der Waals surface area (Å²) in [5.41, 5.74) is -0.185. The minimum absolute atomic E-state index is 0.185. The molecule has 0 aromatic heterocycles. The first kappa shape index (κ1) is 12.5. The second-order valence-electron chi connectivity index (χ2n) is 4.72. The van der Waals surface area contributed by atoms with Gasteiger partial charge in [0.1, 0.15) is 0 Å². The lowest BCUT2D eigenvalue weighted by atomic mass is 9.79. The van der Waals surface area contributed by atoms with Gasteiger partial charge < -0.3 is 9.47 Å². The zero-order chi connectivity index (χ0) is 11.1. The van der Waals surface area contributed by atoms with Crippen LogP contribution in [0.4, 0.5) is 0 Å². The highest BCUT2D eigenvalue weighted by Crippen LogP contribution is 2.33. The van der Waals surface area contributed by atoms with Crippen molar-refractivity contribution in [2.75, 3.05) is 26.4 Å². The van der Waals surface area contributed by atoms with Crippen LogP contribution >= 0.6 is 0 Å². The molecule has 0 amide bonds. The van der Waals surface area contributed by atoms with E-state index < -0.39 is 0 Å². The summed E-state index contributed by atoms with van der Waals surface area (Å²) in [6.07, 6.45) is 2.56. The molecule has 3 heteroatoms. The first-order valence-corrected chi connectivity index (χ1v) is 5.75. The van der Waals surface area contributed by atoms with Gasteiger partial charge >= 0.3 is 0 Å². The maximum atomic E-state index is 9.19. The minimum atomic E-state index is -0.185. The molecule has 86 valence electrons. The average Bonchev–Trinajstić information content (AvgIpc) is 2.26. The van der Waals surface area contributed by atoms with E-state index in [4.69, 9.17) is 9.47 Å². The van der Waals surface area contributed by atoms with E-state index in [2.05, 4.69) is 19.9 Å². The summed E-state index contributed by atoms with van der Waals surface area (Å²) in [4.78, 5) is 0. The van der Waals surface area contributed by atoms with Gasteiger partial charge in [-0.15, -0.1) is 0 Å². The maximum Gasteiger partial charge on any atom is 0.0692 e. The number of hydrogen-bond acceptors (Lipinski definition) is 3. The molecule has 0 N–H and O–H groups in total. The lowest BCUT2D eigenvalue weighted by Crippen LogP contribution is -2.29. The molecule has 0 saturated carbocycles. The molecule has 15 heavy (non-hydrogen) atoms. The summed E-state index contributed by atoms with van der Waals surface area (Å²) in [7, 11) is 0. The topological polar surface area (TPSA) is 42.2 Å². The Morgan fingerprint density at radius 1 is 1.40 bits per heavy atom. The van der Waals surface area contributed by atoms with Crippen molar-refractivity contribution in [3.8, 4) is 6.07 Å². The Labute approximate surface area is 92.4 Å². The van der Waals surface area contributed by atoms with E-state index in [-0.39, 0.29) is 5.41 Å². The predicted molar refractivity (Wildman–Crippen MR) is 58.4 cm³/mol. The van der Waals surface area contributed by atoms with Crippen molar-refractivity contribution < 1.29 is 9.47 Å². The molecule has 1 heterocycles. The molecule has 0 aromatic carbocycles. The van der Waals surface area contributed by atoms with Gasteiger partial charge in [-0.25, -0.2) is 0 Å². The molecule has 0 spiro atoms. The molecule has 0 aromatic rings. The zero-order valence-electron chi connectivity index (χ0n) is 9.79. The molecular formula is C12H21NO2. The molecule has 0 atom stereocenters. The van der Waals surface area contributed by atoms with Crippen LogP contribution in [0, 0.1) is 22.7 Å². The van der Waals surface area contributed by atoms with Gasteiger partial charge in [-0.3, -0.25) is 0 Å². The summed E-state index contributed by atoms with van der Waals surface area (Å²) in [5, 5.41) is 9.19. The van der Waals surface area contributed by atoms with Gasteiger partial charge in [0, 0.05) is 26.4 Å². The molecule has 3 nitrogen and oxygen atoms in total. The lowest BCUT2D eigenvalue weighted by Gasteiger charge is -2.30. The first-order valence-electron chi connectivity index (χ1n) is 5.75. The van der Waals surface area contributed by atoms with Crippen molar-refractivity contribution in [1.82, 2.24) is 0 Å². The second kappa shape index (κ2) is 6.09. The summed E-state index contributed by atoms with van der Waals surface area (Å²) in [5.74, 6) is 0.567. The third-order valence-electron chi connectivity index (χ3n) is 2.86. The third kappa shape index (κ3) is 4.19. The molecule has 0 unspecified atom stereocenters. The Hall–Kier alpha value is -0.590. The van der Waals surface area contributed by atoms with Crippen LogP contribution in [0.15, 0.2) is 0 Å². The highest BCUT2D eigenvalue weighted by atomic mass is 16.5. The molecule has 0 bridgehead atoms. The van der Waals surface area contributed by atoms with Gasteiger partial charge in [-0.05, 0) is 25.2 Å². The fourth-order valence-electron chi connectivity index (χ4n) is 1.77.